The largest absolute Gasteiger partial charge is 0.384 e. The molecular weight excluding hydrogens is 248 g/mol. The zero-order valence-electron chi connectivity index (χ0n) is 11.1. The molecular formula is C12H20N4O3. The molecule has 1 fully saturated rings. The fourth-order valence-corrected chi connectivity index (χ4v) is 1.74. The van der Waals surface area contributed by atoms with Gasteiger partial charge < -0.3 is 25.3 Å². The molecule has 1 atom stereocenters. The van der Waals surface area contributed by atoms with Crippen LogP contribution in [0.4, 0.5) is 11.6 Å². The molecule has 0 radical (unpaired) electrons. The molecule has 106 valence electrons. The highest BCUT2D eigenvalue weighted by molar-refractivity contribution is 5.44. The van der Waals surface area contributed by atoms with Gasteiger partial charge in [0.2, 0.25) is 0 Å². The van der Waals surface area contributed by atoms with Crippen LogP contribution in [0.2, 0.25) is 0 Å². The Balaban J connectivity index is 1.89. The van der Waals surface area contributed by atoms with Crippen LogP contribution in [-0.4, -0.2) is 49.0 Å². The van der Waals surface area contributed by atoms with Crippen molar-refractivity contribution in [3.05, 3.63) is 11.9 Å². The molecule has 0 aromatic carbocycles. The van der Waals surface area contributed by atoms with Crippen molar-refractivity contribution in [2.45, 2.75) is 19.6 Å². The zero-order chi connectivity index (χ0) is 13.5. The number of nitrogens with one attached hydrogen (secondary N) is 1. The molecule has 1 aliphatic rings. The fraction of sp³-hybridized carbons (Fsp3) is 0.667. The Hall–Kier alpha value is -1.44. The summed E-state index contributed by atoms with van der Waals surface area (Å²) in [6.45, 7) is 5.42. The second-order valence-corrected chi connectivity index (χ2v) is 4.18. The Kier molecular flexibility index (Phi) is 5.31. The van der Waals surface area contributed by atoms with Crippen LogP contribution in [-0.2, 0) is 20.8 Å². The molecule has 1 aromatic rings. The Morgan fingerprint density at radius 2 is 2.37 bits per heavy atom. The molecule has 2 heterocycles. The third-order valence-corrected chi connectivity index (χ3v) is 2.62. The van der Waals surface area contributed by atoms with Crippen LogP contribution in [0.25, 0.3) is 0 Å². The predicted octanol–water partition coefficient (Wildman–Crippen LogP) is 0.423. The summed E-state index contributed by atoms with van der Waals surface area (Å²) < 4.78 is 16.1. The van der Waals surface area contributed by atoms with Gasteiger partial charge >= 0.3 is 0 Å². The number of hydrogen-bond donors (Lipinski definition) is 2. The molecule has 19 heavy (non-hydrogen) atoms. The first-order valence-electron chi connectivity index (χ1n) is 6.42. The number of rotatable bonds is 6. The molecule has 1 saturated heterocycles. The van der Waals surface area contributed by atoms with E-state index in [1.54, 1.807) is 6.07 Å². The van der Waals surface area contributed by atoms with E-state index in [0.717, 1.165) is 0 Å². The van der Waals surface area contributed by atoms with Crippen LogP contribution in [0.15, 0.2) is 6.07 Å². The second-order valence-electron chi connectivity index (χ2n) is 4.18. The van der Waals surface area contributed by atoms with E-state index in [0.29, 0.717) is 57.0 Å². The summed E-state index contributed by atoms with van der Waals surface area (Å²) in [5.41, 5.74) is 5.74. The van der Waals surface area contributed by atoms with Gasteiger partial charge in [-0.15, -0.1) is 0 Å². The van der Waals surface area contributed by atoms with E-state index >= 15 is 0 Å². The minimum absolute atomic E-state index is 0.0419. The van der Waals surface area contributed by atoms with Gasteiger partial charge in [-0.25, -0.2) is 9.97 Å². The third kappa shape index (κ3) is 4.62. The number of nitrogen functional groups attached to an aromatic ring is 1. The van der Waals surface area contributed by atoms with Crippen LogP contribution < -0.4 is 11.1 Å². The molecule has 0 spiro atoms. The van der Waals surface area contributed by atoms with Gasteiger partial charge in [-0.05, 0) is 6.92 Å². The lowest BCUT2D eigenvalue weighted by Crippen LogP contribution is -2.34. The Bertz CT molecular complexity index is 397. The summed E-state index contributed by atoms with van der Waals surface area (Å²) in [7, 11) is 0. The lowest BCUT2D eigenvalue weighted by Gasteiger charge is -2.23. The highest BCUT2D eigenvalue weighted by atomic mass is 16.6. The summed E-state index contributed by atoms with van der Waals surface area (Å²) in [5, 5.41) is 3.18. The van der Waals surface area contributed by atoms with Gasteiger partial charge in [-0.1, -0.05) is 0 Å². The minimum atomic E-state index is 0.0419. The Morgan fingerprint density at radius 3 is 3.11 bits per heavy atom. The number of aromatic nitrogens is 2. The minimum Gasteiger partial charge on any atom is -0.384 e. The lowest BCUT2D eigenvalue weighted by molar-refractivity contribution is -0.0819. The van der Waals surface area contributed by atoms with E-state index in [-0.39, 0.29) is 6.10 Å². The van der Waals surface area contributed by atoms with Gasteiger partial charge in [0.15, 0.2) is 5.82 Å². The highest BCUT2D eigenvalue weighted by Crippen LogP contribution is 2.10. The van der Waals surface area contributed by atoms with Crippen molar-refractivity contribution < 1.29 is 14.2 Å². The highest BCUT2D eigenvalue weighted by Gasteiger charge is 2.14. The summed E-state index contributed by atoms with van der Waals surface area (Å²) in [6, 6.07) is 1.69. The van der Waals surface area contributed by atoms with E-state index in [4.69, 9.17) is 19.9 Å². The van der Waals surface area contributed by atoms with Gasteiger partial charge in [0.1, 0.15) is 18.2 Å². The van der Waals surface area contributed by atoms with Crippen LogP contribution in [0.3, 0.4) is 0 Å². The van der Waals surface area contributed by atoms with Crippen molar-refractivity contribution >= 4 is 11.6 Å². The van der Waals surface area contributed by atoms with Gasteiger partial charge in [-0.2, -0.15) is 0 Å². The standard InChI is InChI=1S/C12H20N4O3/c1-2-17-8-12-15-10(13)5-11(16-12)14-6-9-7-18-3-4-19-9/h5,9H,2-4,6-8H2,1H3,(H3,13,14,15,16). The number of ether oxygens (including phenoxy) is 3. The first kappa shape index (κ1) is 14.0. The van der Waals surface area contributed by atoms with Crippen LogP contribution in [0, 0.1) is 0 Å². The lowest BCUT2D eigenvalue weighted by atomic mass is 10.3. The van der Waals surface area contributed by atoms with E-state index in [9.17, 15) is 0 Å². The second kappa shape index (κ2) is 7.22. The molecule has 1 aromatic heterocycles. The van der Waals surface area contributed by atoms with E-state index < -0.39 is 0 Å². The quantitative estimate of drug-likeness (QED) is 0.772. The summed E-state index contributed by atoms with van der Waals surface area (Å²) in [5.74, 6) is 1.68. The van der Waals surface area contributed by atoms with Crippen molar-refractivity contribution in [3.63, 3.8) is 0 Å². The van der Waals surface area contributed by atoms with Gasteiger partial charge in [0.05, 0.1) is 25.9 Å². The summed E-state index contributed by atoms with van der Waals surface area (Å²) >= 11 is 0. The first-order chi connectivity index (χ1) is 9.28. The Labute approximate surface area is 112 Å². The van der Waals surface area contributed by atoms with E-state index in [2.05, 4.69) is 15.3 Å². The maximum Gasteiger partial charge on any atom is 0.158 e. The molecule has 7 heteroatoms. The van der Waals surface area contributed by atoms with Crippen LogP contribution in [0.5, 0.6) is 0 Å². The predicted molar refractivity (Wildman–Crippen MR) is 70.8 cm³/mol. The number of nitrogens with two attached hydrogens (primary N) is 1. The molecule has 0 bridgehead atoms. The number of anilines is 2. The molecule has 2 rings (SSSR count). The first-order valence-corrected chi connectivity index (χ1v) is 6.42. The van der Waals surface area contributed by atoms with Gasteiger partial charge in [0.25, 0.3) is 0 Å². The van der Waals surface area contributed by atoms with Gasteiger partial charge in [-0.3, -0.25) is 0 Å². The van der Waals surface area contributed by atoms with Crippen LogP contribution >= 0.6 is 0 Å². The summed E-state index contributed by atoms with van der Waals surface area (Å²) in [4.78, 5) is 8.44. The molecule has 3 N–H and O–H groups in total. The smallest absolute Gasteiger partial charge is 0.158 e. The normalized spacial score (nSPS) is 19.3. The van der Waals surface area contributed by atoms with E-state index in [1.807, 2.05) is 6.92 Å². The third-order valence-electron chi connectivity index (χ3n) is 2.62. The van der Waals surface area contributed by atoms with Crippen molar-refractivity contribution in [3.8, 4) is 0 Å². The average Bonchev–Trinajstić information content (AvgIpc) is 2.43. The molecule has 0 amide bonds. The van der Waals surface area contributed by atoms with Gasteiger partial charge in [0, 0.05) is 19.2 Å². The van der Waals surface area contributed by atoms with Crippen molar-refractivity contribution in [1.82, 2.24) is 9.97 Å². The SMILES string of the molecule is CCOCc1nc(N)cc(NCC2COCCO2)n1. The molecule has 0 aliphatic carbocycles. The number of nitrogens with zero attached hydrogens (tertiary/aromatic N) is 2. The van der Waals surface area contributed by atoms with Crippen molar-refractivity contribution in [2.75, 3.05) is 44.0 Å². The topological polar surface area (TPSA) is 91.5 Å². The molecule has 1 unspecified atom stereocenters. The van der Waals surface area contributed by atoms with Crippen LogP contribution in [0.1, 0.15) is 12.7 Å². The zero-order valence-corrected chi connectivity index (χ0v) is 11.1. The Morgan fingerprint density at radius 1 is 1.47 bits per heavy atom. The van der Waals surface area contributed by atoms with Crippen molar-refractivity contribution in [1.29, 1.82) is 0 Å². The average molecular weight is 268 g/mol. The molecule has 1 aliphatic heterocycles. The number of hydrogen-bond acceptors (Lipinski definition) is 7. The summed E-state index contributed by atoms with van der Waals surface area (Å²) in [6.07, 6.45) is 0.0419. The molecule has 7 nitrogen and oxygen atoms in total. The van der Waals surface area contributed by atoms with E-state index in [1.165, 1.54) is 0 Å². The maximum absolute atomic E-state index is 5.74. The van der Waals surface area contributed by atoms with Crippen molar-refractivity contribution in [2.24, 2.45) is 0 Å². The maximum atomic E-state index is 5.74. The fourth-order valence-electron chi connectivity index (χ4n) is 1.74. The molecule has 0 saturated carbocycles. The monoisotopic (exact) mass is 268 g/mol.